The molecule has 0 aliphatic carbocycles. The normalized spacial score (nSPS) is 10.7. The van der Waals surface area contributed by atoms with E-state index >= 15 is 0 Å². The van der Waals surface area contributed by atoms with Crippen LogP contribution in [0.15, 0.2) is 28.7 Å². The summed E-state index contributed by atoms with van der Waals surface area (Å²) in [5.74, 6) is 0.195. The van der Waals surface area contributed by atoms with Gasteiger partial charge in [-0.1, -0.05) is 18.5 Å². The highest BCUT2D eigenvalue weighted by Gasteiger charge is 2.18. The van der Waals surface area contributed by atoms with E-state index in [1.807, 2.05) is 6.92 Å². The number of ketones is 1. The van der Waals surface area contributed by atoms with Crippen molar-refractivity contribution in [1.82, 2.24) is 0 Å². The summed E-state index contributed by atoms with van der Waals surface area (Å²) in [4.78, 5) is 12.2. The van der Waals surface area contributed by atoms with Crippen LogP contribution in [-0.4, -0.2) is 5.78 Å². The maximum Gasteiger partial charge on any atom is 0.229 e. The fourth-order valence-corrected chi connectivity index (χ4v) is 1.89. The van der Waals surface area contributed by atoms with Crippen LogP contribution in [0.3, 0.4) is 0 Å². The number of rotatable bonds is 3. The van der Waals surface area contributed by atoms with Crippen LogP contribution in [0.25, 0.3) is 0 Å². The van der Waals surface area contributed by atoms with Crippen LogP contribution in [0, 0.1) is 12.7 Å². The van der Waals surface area contributed by atoms with Crippen molar-refractivity contribution in [3.8, 4) is 0 Å². The van der Waals surface area contributed by atoms with Crippen molar-refractivity contribution in [3.63, 3.8) is 0 Å². The molecule has 18 heavy (non-hydrogen) atoms. The topological polar surface area (TPSA) is 30.2 Å². The number of carbonyl (C=O) groups is 1. The molecule has 2 rings (SSSR count). The first-order chi connectivity index (χ1) is 8.52. The minimum absolute atomic E-state index is 0.0950. The van der Waals surface area contributed by atoms with Gasteiger partial charge in [-0.15, -0.1) is 0 Å². The van der Waals surface area contributed by atoms with E-state index in [0.717, 1.165) is 11.8 Å². The third kappa shape index (κ3) is 2.31. The lowest BCUT2D eigenvalue weighted by Crippen LogP contribution is -2.02. The smallest absolute Gasteiger partial charge is 0.229 e. The molecular formula is C14H12ClFO2. The van der Waals surface area contributed by atoms with E-state index in [9.17, 15) is 9.18 Å². The second-order valence-electron chi connectivity index (χ2n) is 4.03. The van der Waals surface area contributed by atoms with Gasteiger partial charge in [-0.05, 0) is 36.8 Å². The van der Waals surface area contributed by atoms with Gasteiger partial charge in [0.15, 0.2) is 5.76 Å². The molecular weight excluding hydrogens is 255 g/mol. The second-order valence-corrected chi connectivity index (χ2v) is 4.44. The maximum absolute atomic E-state index is 13.3. The van der Waals surface area contributed by atoms with Crippen molar-refractivity contribution in [3.05, 3.63) is 57.8 Å². The minimum atomic E-state index is -0.426. The lowest BCUT2D eigenvalue weighted by Gasteiger charge is -2.04. The second kappa shape index (κ2) is 4.94. The van der Waals surface area contributed by atoms with Gasteiger partial charge in [-0.3, -0.25) is 4.79 Å². The third-order valence-electron chi connectivity index (χ3n) is 2.73. The molecule has 0 unspecified atom stereocenters. The average molecular weight is 267 g/mol. The summed E-state index contributed by atoms with van der Waals surface area (Å²) in [6, 6.07) is 5.94. The Hall–Kier alpha value is -1.61. The first-order valence-electron chi connectivity index (χ1n) is 5.62. The standard InChI is InChI=1S/C14H12ClFO2/c1-3-9-4-5-13(18-9)14(17)10-6-8(2)12(16)7-11(10)15/h4-7H,3H2,1-2H3. The lowest BCUT2D eigenvalue weighted by atomic mass is 10.1. The summed E-state index contributed by atoms with van der Waals surface area (Å²) < 4.78 is 18.6. The van der Waals surface area contributed by atoms with E-state index in [1.165, 1.54) is 6.07 Å². The molecule has 0 saturated carbocycles. The Balaban J connectivity index is 2.42. The summed E-state index contributed by atoms with van der Waals surface area (Å²) in [7, 11) is 0. The summed E-state index contributed by atoms with van der Waals surface area (Å²) in [5.41, 5.74) is 0.637. The van der Waals surface area contributed by atoms with E-state index in [0.29, 0.717) is 12.0 Å². The molecule has 0 radical (unpaired) electrons. The molecule has 1 heterocycles. The number of hydrogen-bond acceptors (Lipinski definition) is 2. The summed E-state index contributed by atoms with van der Waals surface area (Å²) in [5, 5.41) is 0.0950. The number of benzene rings is 1. The summed E-state index contributed by atoms with van der Waals surface area (Å²) in [6.07, 6.45) is 0.712. The average Bonchev–Trinajstić information content (AvgIpc) is 2.81. The van der Waals surface area contributed by atoms with Crippen LogP contribution in [0.2, 0.25) is 5.02 Å². The third-order valence-corrected chi connectivity index (χ3v) is 3.04. The molecule has 0 fully saturated rings. The van der Waals surface area contributed by atoms with Gasteiger partial charge in [-0.2, -0.15) is 0 Å². The molecule has 0 amide bonds. The molecule has 0 saturated heterocycles. The predicted octanol–water partition coefficient (Wildman–Crippen LogP) is 4.17. The molecule has 1 aromatic carbocycles. The van der Waals surface area contributed by atoms with Gasteiger partial charge in [0.1, 0.15) is 11.6 Å². The van der Waals surface area contributed by atoms with Gasteiger partial charge in [0, 0.05) is 12.0 Å². The number of hydrogen-bond donors (Lipinski definition) is 0. The number of carbonyl (C=O) groups excluding carboxylic acids is 1. The molecule has 0 atom stereocenters. The number of halogens is 2. The van der Waals surface area contributed by atoms with E-state index in [2.05, 4.69) is 0 Å². The van der Waals surface area contributed by atoms with Gasteiger partial charge < -0.3 is 4.42 Å². The fraction of sp³-hybridized carbons (Fsp3) is 0.214. The van der Waals surface area contributed by atoms with Crippen LogP contribution in [0.4, 0.5) is 4.39 Å². The molecule has 4 heteroatoms. The van der Waals surface area contributed by atoms with Crippen molar-refractivity contribution in [2.45, 2.75) is 20.3 Å². The van der Waals surface area contributed by atoms with Crippen molar-refractivity contribution in [2.75, 3.05) is 0 Å². The number of furan rings is 1. The first kappa shape index (κ1) is 12.8. The Morgan fingerprint density at radius 1 is 1.39 bits per heavy atom. The van der Waals surface area contributed by atoms with E-state index < -0.39 is 5.82 Å². The SMILES string of the molecule is CCc1ccc(C(=O)c2cc(C)c(F)cc2Cl)o1. The largest absolute Gasteiger partial charge is 0.458 e. The van der Waals surface area contributed by atoms with Crippen LogP contribution in [0.5, 0.6) is 0 Å². The molecule has 0 aliphatic heterocycles. The predicted molar refractivity (Wildman–Crippen MR) is 67.7 cm³/mol. The molecule has 0 bridgehead atoms. The van der Waals surface area contributed by atoms with E-state index in [4.69, 9.17) is 16.0 Å². The highest BCUT2D eigenvalue weighted by molar-refractivity contribution is 6.34. The van der Waals surface area contributed by atoms with Gasteiger partial charge in [0.05, 0.1) is 5.02 Å². The zero-order valence-corrected chi connectivity index (χ0v) is 10.8. The zero-order chi connectivity index (χ0) is 13.3. The molecule has 2 aromatic rings. The molecule has 0 aliphatic rings. The van der Waals surface area contributed by atoms with Crippen LogP contribution in [-0.2, 0) is 6.42 Å². The summed E-state index contributed by atoms with van der Waals surface area (Å²) in [6.45, 7) is 3.52. The Bertz CT molecular complexity index is 602. The van der Waals surface area contributed by atoms with Crippen molar-refractivity contribution >= 4 is 17.4 Å². The molecule has 2 nitrogen and oxygen atoms in total. The fourth-order valence-electron chi connectivity index (χ4n) is 1.65. The Labute approximate surface area is 109 Å². The molecule has 94 valence electrons. The van der Waals surface area contributed by atoms with Crippen molar-refractivity contribution < 1.29 is 13.6 Å². The Kier molecular flexibility index (Phi) is 3.53. The van der Waals surface area contributed by atoms with Crippen LogP contribution < -0.4 is 0 Å². The van der Waals surface area contributed by atoms with Gasteiger partial charge in [-0.25, -0.2) is 4.39 Å². The zero-order valence-electron chi connectivity index (χ0n) is 10.1. The van der Waals surface area contributed by atoms with Crippen molar-refractivity contribution in [2.24, 2.45) is 0 Å². The van der Waals surface area contributed by atoms with Crippen LogP contribution >= 0.6 is 11.6 Å². The maximum atomic E-state index is 13.3. The van der Waals surface area contributed by atoms with E-state index in [-0.39, 0.29) is 22.1 Å². The Morgan fingerprint density at radius 2 is 2.11 bits per heavy atom. The monoisotopic (exact) mass is 266 g/mol. The highest BCUT2D eigenvalue weighted by atomic mass is 35.5. The minimum Gasteiger partial charge on any atom is -0.458 e. The lowest BCUT2D eigenvalue weighted by molar-refractivity contribution is 0.101. The van der Waals surface area contributed by atoms with Gasteiger partial charge in [0.25, 0.3) is 0 Å². The van der Waals surface area contributed by atoms with Gasteiger partial charge >= 0.3 is 0 Å². The first-order valence-corrected chi connectivity index (χ1v) is 5.99. The van der Waals surface area contributed by atoms with Gasteiger partial charge in [0.2, 0.25) is 5.78 Å². The van der Waals surface area contributed by atoms with Crippen LogP contribution in [0.1, 0.15) is 34.4 Å². The molecule has 0 N–H and O–H groups in total. The molecule has 1 aromatic heterocycles. The highest BCUT2D eigenvalue weighted by Crippen LogP contribution is 2.24. The number of aryl methyl sites for hydroxylation is 2. The Morgan fingerprint density at radius 3 is 2.72 bits per heavy atom. The van der Waals surface area contributed by atoms with Crippen molar-refractivity contribution in [1.29, 1.82) is 0 Å². The summed E-state index contributed by atoms with van der Waals surface area (Å²) >= 11 is 5.88. The quantitative estimate of drug-likeness (QED) is 0.781. The van der Waals surface area contributed by atoms with E-state index in [1.54, 1.807) is 19.1 Å². The molecule has 0 spiro atoms.